The number of fused-ring (bicyclic) bond motifs is 2. The van der Waals surface area contributed by atoms with Gasteiger partial charge in [-0.15, -0.1) is 0 Å². The lowest BCUT2D eigenvalue weighted by atomic mass is 9.43. The van der Waals surface area contributed by atoms with Crippen molar-refractivity contribution in [3.05, 3.63) is 11.6 Å². The molecule has 220 valence electrons. The summed E-state index contributed by atoms with van der Waals surface area (Å²) >= 11 is 0. The summed E-state index contributed by atoms with van der Waals surface area (Å²) < 4.78 is 30.0. The van der Waals surface area contributed by atoms with Gasteiger partial charge in [0.15, 0.2) is 24.6 Å². The monoisotopic (exact) mass is 560 g/mol. The van der Waals surface area contributed by atoms with Crippen molar-refractivity contribution in [3.63, 3.8) is 0 Å². The molecule has 40 heavy (non-hydrogen) atoms. The Morgan fingerprint density at radius 2 is 1.98 bits per heavy atom. The molecular formula is C30H40O10. The van der Waals surface area contributed by atoms with E-state index >= 15 is 0 Å². The first-order valence-electron chi connectivity index (χ1n) is 15.0. The largest absolute Gasteiger partial charge is 0.481 e. The summed E-state index contributed by atoms with van der Waals surface area (Å²) in [6.07, 6.45) is 2.13. The van der Waals surface area contributed by atoms with Crippen LogP contribution in [0.15, 0.2) is 11.6 Å². The van der Waals surface area contributed by atoms with Crippen LogP contribution in [0.1, 0.15) is 66.2 Å². The molecule has 4 aliphatic heterocycles. The standard InChI is InChI=1S/C30H40O10/c1-5-6-20(32)37-21-22-24(33)30(39-23(21)25(38-22)40-30)36-13-28-11-17-15(4)7-8-18(17)27(12-31)10-16(28)9-19(14(2)3)29(27,28)26(34)35/h9,12,14-18,21-25,33H,5-8,10-11,13H2,1-4H3,(H,34,35). The third-order valence-electron chi connectivity index (χ3n) is 11.8. The predicted molar refractivity (Wildman–Crippen MR) is 136 cm³/mol. The average molecular weight is 561 g/mol. The summed E-state index contributed by atoms with van der Waals surface area (Å²) in [6, 6.07) is 0. The maximum Gasteiger partial charge on any atom is 0.316 e. The molecule has 13 atom stereocenters. The van der Waals surface area contributed by atoms with E-state index in [9.17, 15) is 24.6 Å². The minimum absolute atomic E-state index is 0.0121. The highest BCUT2D eigenvalue weighted by atomic mass is 17.0. The Morgan fingerprint density at radius 1 is 1.20 bits per heavy atom. The number of aliphatic hydroxyl groups is 1. The zero-order valence-corrected chi connectivity index (χ0v) is 23.5. The first-order chi connectivity index (χ1) is 19.0. The van der Waals surface area contributed by atoms with Gasteiger partial charge < -0.3 is 34.0 Å². The molecule has 2 N–H and O–H groups in total. The normalized spacial score (nSPS) is 52.8. The fraction of sp³-hybridized carbons (Fsp3) is 0.833. The number of carboxylic acid groups (broad SMARTS) is 1. The Morgan fingerprint density at radius 3 is 2.65 bits per heavy atom. The Bertz CT molecular complexity index is 1170. The number of aldehydes is 1. The fourth-order valence-electron chi connectivity index (χ4n) is 10.4. The number of carbonyl (C=O) groups excluding carboxylic acids is 2. The van der Waals surface area contributed by atoms with E-state index < -0.39 is 64.9 Å². The molecule has 0 amide bonds. The molecule has 0 spiro atoms. The van der Waals surface area contributed by atoms with E-state index in [1.165, 1.54) is 0 Å². The van der Waals surface area contributed by atoms with Gasteiger partial charge in [-0.3, -0.25) is 14.3 Å². The Kier molecular flexibility index (Phi) is 5.81. The van der Waals surface area contributed by atoms with Crippen LogP contribution in [0, 0.1) is 45.8 Å². The number of carboxylic acids is 1. The molecule has 10 nitrogen and oxygen atoms in total. The van der Waals surface area contributed by atoms with Crippen molar-refractivity contribution in [2.24, 2.45) is 45.8 Å². The first kappa shape index (κ1) is 27.0. The maximum absolute atomic E-state index is 13.6. The van der Waals surface area contributed by atoms with Crippen LogP contribution in [0.4, 0.5) is 0 Å². The molecule has 8 rings (SSSR count). The van der Waals surface area contributed by atoms with E-state index in [2.05, 4.69) is 13.0 Å². The second kappa shape index (κ2) is 8.60. The van der Waals surface area contributed by atoms with Crippen molar-refractivity contribution >= 4 is 18.2 Å². The zero-order chi connectivity index (χ0) is 28.4. The second-order valence-electron chi connectivity index (χ2n) is 13.7. The molecule has 8 bridgehead atoms. The molecule has 4 heterocycles. The second-order valence-corrected chi connectivity index (χ2v) is 13.7. The van der Waals surface area contributed by atoms with Crippen LogP contribution in [0.25, 0.3) is 0 Å². The number of esters is 1. The number of ether oxygens (including phenoxy) is 5. The molecule has 0 aromatic rings. The summed E-state index contributed by atoms with van der Waals surface area (Å²) in [5, 5.41) is 22.5. The molecule has 0 radical (unpaired) electrons. The van der Waals surface area contributed by atoms with Crippen LogP contribution >= 0.6 is 0 Å². The molecule has 7 fully saturated rings. The number of aliphatic carboxylic acids is 1. The number of allylic oxidation sites excluding steroid dienone is 1. The smallest absolute Gasteiger partial charge is 0.316 e. The third kappa shape index (κ3) is 2.90. The van der Waals surface area contributed by atoms with Gasteiger partial charge in [-0.25, -0.2) is 0 Å². The lowest BCUT2D eigenvalue weighted by Gasteiger charge is -2.58. The van der Waals surface area contributed by atoms with Crippen molar-refractivity contribution in [2.75, 3.05) is 6.61 Å². The minimum Gasteiger partial charge on any atom is -0.481 e. The lowest BCUT2D eigenvalue weighted by molar-refractivity contribution is -0.447. The molecule has 0 aromatic carbocycles. The van der Waals surface area contributed by atoms with E-state index in [0.717, 1.165) is 24.7 Å². The van der Waals surface area contributed by atoms with Gasteiger partial charge in [-0.1, -0.05) is 45.8 Å². The number of aliphatic hydroxyl groups excluding tert-OH is 1. The number of hydrogen-bond acceptors (Lipinski definition) is 9. The van der Waals surface area contributed by atoms with Crippen LogP contribution in [0.5, 0.6) is 0 Å². The summed E-state index contributed by atoms with van der Waals surface area (Å²) in [5.41, 5.74) is -2.50. The number of rotatable bonds is 9. The highest BCUT2D eigenvalue weighted by molar-refractivity contribution is 5.90. The molecule has 0 aromatic heterocycles. The van der Waals surface area contributed by atoms with Crippen LogP contribution in [-0.4, -0.2) is 71.7 Å². The number of carbonyl (C=O) groups is 3. The summed E-state index contributed by atoms with van der Waals surface area (Å²) in [4.78, 5) is 39.1. The van der Waals surface area contributed by atoms with Gasteiger partial charge in [0.25, 0.3) is 0 Å². The Balaban J connectivity index is 1.24. The summed E-state index contributed by atoms with van der Waals surface area (Å²) in [5.74, 6) is -2.86. The zero-order valence-electron chi connectivity index (χ0n) is 23.5. The van der Waals surface area contributed by atoms with E-state index in [1.807, 2.05) is 20.8 Å². The van der Waals surface area contributed by atoms with Crippen molar-refractivity contribution in [1.29, 1.82) is 0 Å². The van der Waals surface area contributed by atoms with Gasteiger partial charge in [-0.2, -0.15) is 0 Å². The van der Waals surface area contributed by atoms with E-state index in [-0.39, 0.29) is 36.7 Å². The third-order valence-corrected chi connectivity index (χ3v) is 11.8. The predicted octanol–water partition coefficient (Wildman–Crippen LogP) is 2.81. The van der Waals surface area contributed by atoms with Gasteiger partial charge in [0.1, 0.15) is 17.8 Å². The van der Waals surface area contributed by atoms with E-state index in [1.54, 1.807) is 0 Å². The van der Waals surface area contributed by atoms with E-state index in [4.69, 9.17) is 23.7 Å². The average Bonchev–Trinajstić information content (AvgIpc) is 3.63. The number of hydrogen-bond donors (Lipinski definition) is 2. The van der Waals surface area contributed by atoms with Gasteiger partial charge in [0, 0.05) is 11.8 Å². The van der Waals surface area contributed by atoms with E-state index in [0.29, 0.717) is 25.2 Å². The fourth-order valence-corrected chi connectivity index (χ4v) is 10.4. The molecule has 4 saturated heterocycles. The van der Waals surface area contributed by atoms with Crippen LogP contribution in [-0.2, 0) is 38.1 Å². The summed E-state index contributed by atoms with van der Waals surface area (Å²) in [7, 11) is 0. The Hall–Kier alpha value is -1.85. The molecule has 8 aliphatic rings. The molecule has 10 heteroatoms. The highest BCUT2D eigenvalue weighted by Crippen LogP contribution is 2.82. The van der Waals surface area contributed by atoms with Crippen molar-refractivity contribution < 1.29 is 48.3 Å². The molecule has 13 unspecified atom stereocenters. The first-order valence-corrected chi connectivity index (χ1v) is 15.0. The van der Waals surface area contributed by atoms with Gasteiger partial charge in [-0.05, 0) is 55.3 Å². The topological polar surface area (TPSA) is 138 Å². The quantitative estimate of drug-likeness (QED) is 0.246. The molecule has 4 aliphatic carbocycles. The highest BCUT2D eigenvalue weighted by Gasteiger charge is 2.85. The van der Waals surface area contributed by atoms with Crippen molar-refractivity contribution in [1.82, 2.24) is 0 Å². The van der Waals surface area contributed by atoms with Crippen LogP contribution in [0.2, 0.25) is 0 Å². The SMILES string of the molecule is CCCC(=O)OC1C2OC3(OCC45CC6C(C)CCC6C6(C=O)CC4C=C(C(C)C)C65C(=O)O)OC2OC1C3O. The van der Waals surface area contributed by atoms with Gasteiger partial charge in [0.2, 0.25) is 0 Å². The van der Waals surface area contributed by atoms with Crippen molar-refractivity contribution in [3.8, 4) is 0 Å². The van der Waals surface area contributed by atoms with Gasteiger partial charge >= 0.3 is 17.9 Å². The summed E-state index contributed by atoms with van der Waals surface area (Å²) in [6.45, 7) is 8.02. The molecular weight excluding hydrogens is 520 g/mol. The maximum atomic E-state index is 13.6. The van der Waals surface area contributed by atoms with Crippen LogP contribution in [0.3, 0.4) is 0 Å². The van der Waals surface area contributed by atoms with Crippen LogP contribution < -0.4 is 0 Å². The minimum atomic E-state index is -1.86. The molecule has 3 saturated carbocycles. The van der Waals surface area contributed by atoms with Crippen molar-refractivity contribution in [2.45, 2.75) is 103 Å². The van der Waals surface area contributed by atoms with Gasteiger partial charge in [0.05, 0.1) is 12.0 Å². The lowest BCUT2D eigenvalue weighted by Crippen LogP contribution is -2.66. The Labute approximate surface area is 233 Å².